The Morgan fingerprint density at radius 3 is 2.41 bits per heavy atom. The molecule has 6 nitrogen and oxygen atoms in total. The van der Waals surface area contributed by atoms with Crippen LogP contribution < -0.4 is 22.4 Å². The highest BCUT2D eigenvalue weighted by Gasteiger charge is 2.02. The van der Waals surface area contributed by atoms with Gasteiger partial charge in [-0.3, -0.25) is 16.7 Å². The van der Waals surface area contributed by atoms with E-state index in [9.17, 15) is 0 Å². The molecule has 1 rings (SSSR count). The molecule has 0 atom stereocenters. The minimum atomic E-state index is -0.233. The molecule has 0 bridgehead atoms. The quantitative estimate of drug-likeness (QED) is 0.237. The minimum Gasteiger partial charge on any atom is -0.369 e. The lowest BCUT2D eigenvalue weighted by atomic mass is 10.1. The van der Waals surface area contributed by atoms with Gasteiger partial charge in [-0.2, -0.15) is 5.10 Å². The van der Waals surface area contributed by atoms with Crippen LogP contribution >= 0.6 is 24.0 Å². The molecule has 0 aliphatic heterocycles. The lowest BCUT2D eigenvalue weighted by molar-refractivity contribution is 0.835. The summed E-state index contributed by atoms with van der Waals surface area (Å²) in [6.07, 6.45) is 0. The highest BCUT2D eigenvalue weighted by molar-refractivity contribution is 6.30. The Kier molecular flexibility index (Phi) is 7.24. The summed E-state index contributed by atoms with van der Waals surface area (Å²) >= 11 is 5.77. The van der Waals surface area contributed by atoms with Crippen molar-refractivity contribution in [3.05, 3.63) is 34.9 Å². The fraction of sp³-hybridized carbons (Fsp3) is 0.111. The van der Waals surface area contributed by atoms with Crippen LogP contribution in [0.15, 0.2) is 29.4 Å². The van der Waals surface area contributed by atoms with Crippen LogP contribution in [0, 0.1) is 5.41 Å². The number of hydrazine groups is 1. The number of guanidine groups is 1. The summed E-state index contributed by atoms with van der Waals surface area (Å²) in [5.74, 6) is 5.00. The third-order valence-corrected chi connectivity index (χ3v) is 2.01. The largest absolute Gasteiger partial charge is 0.369 e. The molecule has 0 aliphatic carbocycles. The van der Waals surface area contributed by atoms with Crippen LogP contribution in [0.4, 0.5) is 0 Å². The monoisotopic (exact) mass is 276 g/mol. The van der Waals surface area contributed by atoms with E-state index in [2.05, 4.69) is 16.0 Å². The van der Waals surface area contributed by atoms with Crippen molar-refractivity contribution < 1.29 is 0 Å². The molecule has 8 heteroatoms. The first-order valence-electron chi connectivity index (χ1n) is 4.49. The number of nitrogens with two attached hydrogens (primary N) is 2. The molecule has 1 aromatic rings. The zero-order valence-corrected chi connectivity index (χ0v) is 10.5. The van der Waals surface area contributed by atoms with Gasteiger partial charge in [-0.25, -0.2) is 5.43 Å². The van der Waals surface area contributed by atoms with E-state index in [-0.39, 0.29) is 18.4 Å². The van der Waals surface area contributed by atoms with Crippen molar-refractivity contribution in [2.75, 3.05) is 6.54 Å². The molecule has 0 fully saturated rings. The molecule has 0 unspecified atom stereocenters. The molecule has 1 aromatic carbocycles. The molecular formula is C9H14Cl2N6. The van der Waals surface area contributed by atoms with Gasteiger partial charge in [0.15, 0.2) is 0 Å². The molecule has 7 N–H and O–H groups in total. The number of hydrogen-bond acceptors (Lipinski definition) is 4. The van der Waals surface area contributed by atoms with Crippen LogP contribution in [0.5, 0.6) is 0 Å². The van der Waals surface area contributed by atoms with Gasteiger partial charge in [0, 0.05) is 5.02 Å². The summed E-state index contributed by atoms with van der Waals surface area (Å²) in [5, 5.41) is 11.6. The average Bonchev–Trinajstić information content (AvgIpc) is 2.25. The molecule has 17 heavy (non-hydrogen) atoms. The number of nitrogens with zero attached hydrogens (tertiary/aromatic N) is 1. The fourth-order valence-corrected chi connectivity index (χ4v) is 1.20. The van der Waals surface area contributed by atoms with Crippen LogP contribution in [0.1, 0.15) is 5.56 Å². The summed E-state index contributed by atoms with van der Waals surface area (Å²) < 4.78 is 0. The van der Waals surface area contributed by atoms with E-state index in [1.54, 1.807) is 24.3 Å². The summed E-state index contributed by atoms with van der Waals surface area (Å²) in [4.78, 5) is 0. The van der Waals surface area contributed by atoms with Gasteiger partial charge in [0.2, 0.25) is 5.96 Å². The standard InChI is InChI=1S/C9H13ClN6.ClH/c10-7-3-1-6(2-4-7)8(5-14-13)15-16-9(11)12;/h1-4,14H,5,13H2,(H4,11,12,16);1H/b15-8+;. The zero-order valence-electron chi connectivity index (χ0n) is 8.90. The van der Waals surface area contributed by atoms with Crippen LogP contribution in [-0.4, -0.2) is 18.2 Å². The highest BCUT2D eigenvalue weighted by Crippen LogP contribution is 2.10. The van der Waals surface area contributed by atoms with E-state index in [1.807, 2.05) is 0 Å². The van der Waals surface area contributed by atoms with Crippen molar-refractivity contribution in [3.8, 4) is 0 Å². The third kappa shape index (κ3) is 5.50. The molecule has 0 saturated heterocycles. The SMILES string of the molecule is Cl.N=C(N)N/N=C(\CNN)c1ccc(Cl)cc1. The second kappa shape index (κ2) is 7.86. The number of hydrazone groups is 1. The summed E-state index contributed by atoms with van der Waals surface area (Å²) in [6, 6.07) is 7.11. The summed E-state index contributed by atoms with van der Waals surface area (Å²) in [6.45, 7) is 0.349. The van der Waals surface area contributed by atoms with Crippen LogP contribution in [-0.2, 0) is 0 Å². The number of nitrogens with one attached hydrogen (secondary N) is 3. The van der Waals surface area contributed by atoms with Gasteiger partial charge in [0.25, 0.3) is 0 Å². The molecule has 0 spiro atoms. The Hall–Kier alpha value is -1.34. The average molecular weight is 277 g/mol. The Bertz CT molecular complexity index is 389. The lowest BCUT2D eigenvalue weighted by Crippen LogP contribution is -2.33. The van der Waals surface area contributed by atoms with E-state index in [0.717, 1.165) is 5.56 Å². The maximum atomic E-state index is 7.00. The van der Waals surface area contributed by atoms with Crippen molar-refractivity contribution in [1.29, 1.82) is 5.41 Å². The predicted octanol–water partition coefficient (Wildman–Crippen LogP) is 0.412. The van der Waals surface area contributed by atoms with Crippen molar-refractivity contribution in [1.82, 2.24) is 10.9 Å². The fourth-order valence-electron chi connectivity index (χ4n) is 1.07. The maximum absolute atomic E-state index is 7.00. The van der Waals surface area contributed by atoms with Crippen LogP contribution in [0.25, 0.3) is 0 Å². The molecule has 0 saturated carbocycles. The molecule has 94 valence electrons. The van der Waals surface area contributed by atoms with Crippen LogP contribution in [0.2, 0.25) is 5.02 Å². The number of halogens is 2. The zero-order chi connectivity index (χ0) is 12.0. The van der Waals surface area contributed by atoms with E-state index in [1.165, 1.54) is 0 Å². The van der Waals surface area contributed by atoms with Gasteiger partial charge in [-0.05, 0) is 17.7 Å². The summed E-state index contributed by atoms with van der Waals surface area (Å²) in [7, 11) is 0. The first-order chi connectivity index (χ1) is 7.63. The van der Waals surface area contributed by atoms with E-state index in [4.69, 9.17) is 28.6 Å². The number of hydrogen-bond donors (Lipinski definition) is 5. The first kappa shape index (κ1) is 15.7. The van der Waals surface area contributed by atoms with Crippen molar-refractivity contribution in [2.45, 2.75) is 0 Å². The predicted molar refractivity (Wildman–Crippen MR) is 72.5 cm³/mol. The normalized spacial score (nSPS) is 10.6. The highest BCUT2D eigenvalue weighted by atomic mass is 35.5. The Balaban J connectivity index is 0.00000256. The summed E-state index contributed by atoms with van der Waals surface area (Å²) in [5.41, 5.74) is 11.5. The first-order valence-corrected chi connectivity index (χ1v) is 4.87. The Labute approximate surface area is 110 Å². The van der Waals surface area contributed by atoms with Gasteiger partial charge >= 0.3 is 0 Å². The van der Waals surface area contributed by atoms with Gasteiger partial charge in [-0.1, -0.05) is 23.7 Å². The molecule has 0 amide bonds. The maximum Gasteiger partial charge on any atom is 0.206 e. The Morgan fingerprint density at radius 1 is 1.35 bits per heavy atom. The number of benzene rings is 1. The van der Waals surface area contributed by atoms with Crippen molar-refractivity contribution in [2.24, 2.45) is 16.7 Å². The third-order valence-electron chi connectivity index (χ3n) is 1.76. The topological polar surface area (TPSA) is 112 Å². The van der Waals surface area contributed by atoms with Crippen LogP contribution in [0.3, 0.4) is 0 Å². The van der Waals surface area contributed by atoms with E-state index >= 15 is 0 Å². The van der Waals surface area contributed by atoms with Crippen molar-refractivity contribution >= 4 is 35.7 Å². The van der Waals surface area contributed by atoms with E-state index in [0.29, 0.717) is 17.3 Å². The molecular weight excluding hydrogens is 263 g/mol. The molecule has 0 aliphatic rings. The second-order valence-corrected chi connectivity index (χ2v) is 3.41. The molecule has 0 aromatic heterocycles. The lowest BCUT2D eigenvalue weighted by Gasteiger charge is -2.06. The second-order valence-electron chi connectivity index (χ2n) is 2.97. The van der Waals surface area contributed by atoms with Crippen molar-refractivity contribution in [3.63, 3.8) is 0 Å². The smallest absolute Gasteiger partial charge is 0.206 e. The van der Waals surface area contributed by atoms with Gasteiger partial charge < -0.3 is 5.73 Å². The molecule has 0 radical (unpaired) electrons. The van der Waals surface area contributed by atoms with Gasteiger partial charge in [0.05, 0.1) is 12.3 Å². The van der Waals surface area contributed by atoms with Gasteiger partial charge in [0.1, 0.15) is 0 Å². The number of rotatable bonds is 4. The molecule has 0 heterocycles. The Morgan fingerprint density at radius 2 is 1.94 bits per heavy atom. The minimum absolute atomic E-state index is 0. The van der Waals surface area contributed by atoms with E-state index < -0.39 is 0 Å². The van der Waals surface area contributed by atoms with Gasteiger partial charge in [-0.15, -0.1) is 12.4 Å².